The maximum absolute atomic E-state index is 10.2. The van der Waals surface area contributed by atoms with Crippen LogP contribution in [0.3, 0.4) is 0 Å². The third-order valence-electron chi connectivity index (χ3n) is 3.60. The van der Waals surface area contributed by atoms with Crippen LogP contribution in [0.25, 0.3) is 0 Å². The van der Waals surface area contributed by atoms with E-state index >= 15 is 0 Å². The summed E-state index contributed by atoms with van der Waals surface area (Å²) in [5.74, 6) is 0.275. The van der Waals surface area contributed by atoms with Gasteiger partial charge in [-0.05, 0) is 31.7 Å². The van der Waals surface area contributed by atoms with Gasteiger partial charge in [-0.15, -0.1) is 0 Å². The largest absolute Gasteiger partial charge is 0.389 e. The Labute approximate surface area is 85.8 Å². The third kappa shape index (κ3) is 1.57. The molecular formula is C13H18O. The molecule has 1 fully saturated rings. The lowest BCUT2D eigenvalue weighted by Gasteiger charge is -2.42. The molecule has 0 spiro atoms. The summed E-state index contributed by atoms with van der Waals surface area (Å²) >= 11 is 0. The first-order valence-electron chi connectivity index (χ1n) is 5.41. The summed E-state index contributed by atoms with van der Waals surface area (Å²) in [5.41, 5.74) is 2.12. The minimum Gasteiger partial charge on any atom is -0.389 e. The lowest BCUT2D eigenvalue weighted by molar-refractivity contribution is -0.0527. The summed E-state index contributed by atoms with van der Waals surface area (Å²) in [6.45, 7) is 4.22. The Kier molecular flexibility index (Phi) is 2.36. The van der Waals surface area contributed by atoms with Crippen molar-refractivity contribution in [1.82, 2.24) is 0 Å². The van der Waals surface area contributed by atoms with E-state index < -0.39 is 5.60 Å². The van der Waals surface area contributed by atoms with Crippen LogP contribution in [0.15, 0.2) is 24.3 Å². The third-order valence-corrected chi connectivity index (χ3v) is 3.60. The number of rotatable bonds is 2. The molecule has 1 N–H and O–H groups in total. The molecule has 0 bridgehead atoms. The molecule has 1 aliphatic carbocycles. The van der Waals surface area contributed by atoms with Gasteiger partial charge in [0.1, 0.15) is 0 Å². The number of benzene rings is 1. The van der Waals surface area contributed by atoms with Crippen molar-refractivity contribution in [2.75, 3.05) is 0 Å². The van der Waals surface area contributed by atoms with Crippen LogP contribution < -0.4 is 0 Å². The van der Waals surface area contributed by atoms with Gasteiger partial charge in [0.25, 0.3) is 0 Å². The first-order chi connectivity index (χ1) is 6.62. The molecule has 0 radical (unpaired) electrons. The molecule has 1 aliphatic rings. The summed E-state index contributed by atoms with van der Waals surface area (Å²) in [6, 6.07) is 8.51. The molecule has 0 aromatic heterocycles. The smallest absolute Gasteiger partial charge is 0.0713 e. The lowest BCUT2D eigenvalue weighted by Crippen LogP contribution is -2.41. The fraction of sp³-hybridized carbons (Fsp3) is 0.538. The topological polar surface area (TPSA) is 20.2 Å². The van der Waals surface area contributed by atoms with E-state index in [2.05, 4.69) is 38.1 Å². The number of hydrogen-bond acceptors (Lipinski definition) is 1. The molecular weight excluding hydrogens is 172 g/mol. The first-order valence-corrected chi connectivity index (χ1v) is 5.41. The minimum atomic E-state index is -0.421. The van der Waals surface area contributed by atoms with Crippen molar-refractivity contribution in [2.45, 2.75) is 44.6 Å². The van der Waals surface area contributed by atoms with Crippen molar-refractivity contribution >= 4 is 0 Å². The average Bonchev–Trinajstić information content (AvgIpc) is 2.14. The van der Waals surface area contributed by atoms with E-state index in [0.717, 1.165) is 12.8 Å². The van der Waals surface area contributed by atoms with Gasteiger partial charge in [0.05, 0.1) is 5.60 Å². The van der Waals surface area contributed by atoms with Crippen molar-refractivity contribution in [3.05, 3.63) is 35.4 Å². The van der Waals surface area contributed by atoms with E-state index in [1.54, 1.807) is 0 Å². The monoisotopic (exact) mass is 190 g/mol. The van der Waals surface area contributed by atoms with Crippen molar-refractivity contribution in [2.24, 2.45) is 0 Å². The summed E-state index contributed by atoms with van der Waals surface area (Å²) in [6.07, 6.45) is 3.09. The average molecular weight is 190 g/mol. The molecule has 0 amide bonds. The van der Waals surface area contributed by atoms with Crippen molar-refractivity contribution in [1.29, 1.82) is 0 Å². The van der Waals surface area contributed by atoms with E-state index in [1.807, 2.05) is 0 Å². The van der Waals surface area contributed by atoms with Crippen LogP contribution in [0.2, 0.25) is 0 Å². The normalized spacial score (nSPS) is 21.4. The number of aryl methyl sites for hydroxylation is 1. The van der Waals surface area contributed by atoms with Gasteiger partial charge >= 0.3 is 0 Å². The van der Waals surface area contributed by atoms with Crippen molar-refractivity contribution in [3.8, 4) is 0 Å². The maximum atomic E-state index is 10.2. The summed E-state index contributed by atoms with van der Waals surface area (Å²) in [4.78, 5) is 0. The van der Waals surface area contributed by atoms with Crippen LogP contribution in [0, 0.1) is 6.92 Å². The molecule has 1 aromatic carbocycles. The van der Waals surface area contributed by atoms with E-state index in [-0.39, 0.29) is 5.92 Å². The van der Waals surface area contributed by atoms with Crippen molar-refractivity contribution in [3.63, 3.8) is 0 Å². The van der Waals surface area contributed by atoms with Gasteiger partial charge in [0.2, 0.25) is 0 Å². The van der Waals surface area contributed by atoms with E-state index in [9.17, 15) is 5.11 Å². The van der Waals surface area contributed by atoms with Gasteiger partial charge in [0, 0.05) is 5.92 Å². The molecule has 76 valence electrons. The molecule has 14 heavy (non-hydrogen) atoms. The molecule has 1 atom stereocenters. The zero-order valence-corrected chi connectivity index (χ0v) is 8.96. The Morgan fingerprint density at radius 2 is 1.79 bits per heavy atom. The second kappa shape index (κ2) is 3.39. The number of hydrogen-bond donors (Lipinski definition) is 1. The summed E-state index contributed by atoms with van der Waals surface area (Å²) < 4.78 is 0. The Hall–Kier alpha value is -0.820. The van der Waals surface area contributed by atoms with E-state index in [4.69, 9.17) is 0 Å². The SMILES string of the molecule is Cc1ccc(C(C)C2(O)CCC2)cc1. The van der Waals surface area contributed by atoms with Gasteiger partial charge in [-0.3, -0.25) is 0 Å². The van der Waals surface area contributed by atoms with Crippen LogP contribution in [-0.2, 0) is 0 Å². The summed E-state index contributed by atoms with van der Waals surface area (Å²) in [5, 5.41) is 10.2. The van der Waals surface area contributed by atoms with Gasteiger partial charge in [-0.2, -0.15) is 0 Å². The van der Waals surface area contributed by atoms with Crippen LogP contribution in [0.4, 0.5) is 0 Å². The molecule has 1 aromatic rings. The Balaban J connectivity index is 2.18. The van der Waals surface area contributed by atoms with Gasteiger partial charge < -0.3 is 5.11 Å². The Morgan fingerprint density at radius 3 is 2.21 bits per heavy atom. The molecule has 1 nitrogen and oxygen atoms in total. The van der Waals surface area contributed by atoms with Crippen LogP contribution >= 0.6 is 0 Å². The molecule has 2 rings (SSSR count). The fourth-order valence-corrected chi connectivity index (χ4v) is 2.14. The molecule has 1 unspecified atom stereocenters. The van der Waals surface area contributed by atoms with Gasteiger partial charge in [-0.1, -0.05) is 36.8 Å². The van der Waals surface area contributed by atoms with Gasteiger partial charge in [0.15, 0.2) is 0 Å². The highest BCUT2D eigenvalue weighted by Crippen LogP contribution is 2.43. The lowest BCUT2D eigenvalue weighted by atomic mass is 9.69. The zero-order chi connectivity index (χ0) is 10.2. The Bertz CT molecular complexity index is 309. The number of aliphatic hydroxyl groups is 1. The molecule has 1 heteroatoms. The molecule has 0 heterocycles. The maximum Gasteiger partial charge on any atom is 0.0713 e. The van der Waals surface area contributed by atoms with E-state index in [0.29, 0.717) is 0 Å². The van der Waals surface area contributed by atoms with E-state index in [1.165, 1.54) is 17.5 Å². The second-order valence-corrected chi connectivity index (χ2v) is 4.59. The second-order valence-electron chi connectivity index (χ2n) is 4.59. The minimum absolute atomic E-state index is 0.275. The summed E-state index contributed by atoms with van der Waals surface area (Å²) in [7, 11) is 0. The fourth-order valence-electron chi connectivity index (χ4n) is 2.14. The van der Waals surface area contributed by atoms with Crippen LogP contribution in [0.5, 0.6) is 0 Å². The molecule has 1 saturated carbocycles. The molecule has 0 aliphatic heterocycles. The van der Waals surface area contributed by atoms with Crippen LogP contribution in [-0.4, -0.2) is 10.7 Å². The van der Waals surface area contributed by atoms with Crippen LogP contribution in [0.1, 0.15) is 43.2 Å². The highest BCUT2D eigenvalue weighted by Gasteiger charge is 2.40. The zero-order valence-electron chi connectivity index (χ0n) is 8.96. The van der Waals surface area contributed by atoms with Gasteiger partial charge in [-0.25, -0.2) is 0 Å². The first kappa shape index (κ1) is 9.72. The molecule has 0 saturated heterocycles. The highest BCUT2D eigenvalue weighted by molar-refractivity contribution is 5.27. The standard InChI is InChI=1S/C13H18O/c1-10-4-6-12(7-5-10)11(2)13(14)8-3-9-13/h4-7,11,14H,3,8-9H2,1-2H3. The van der Waals surface area contributed by atoms with Crippen molar-refractivity contribution < 1.29 is 5.11 Å². The Morgan fingerprint density at radius 1 is 1.21 bits per heavy atom. The highest BCUT2D eigenvalue weighted by atomic mass is 16.3. The predicted molar refractivity (Wildman–Crippen MR) is 58.4 cm³/mol. The predicted octanol–water partition coefficient (Wildman–Crippen LogP) is 3.01. The quantitative estimate of drug-likeness (QED) is 0.760.